The molecule has 7 heteroatoms. The highest BCUT2D eigenvalue weighted by Crippen LogP contribution is 2.19. The number of rotatable bonds is 6. The molecular weight excluding hydrogens is 344 g/mol. The van der Waals surface area contributed by atoms with Gasteiger partial charge < -0.3 is 15.1 Å². The number of nitro groups is 1. The number of nitro benzene ring substituents is 1. The van der Waals surface area contributed by atoms with Crippen molar-refractivity contribution in [1.29, 1.82) is 0 Å². The first-order valence-electron chi connectivity index (χ1n) is 9.04. The zero-order valence-electron chi connectivity index (χ0n) is 15.4. The number of benzene rings is 2. The van der Waals surface area contributed by atoms with E-state index in [1.807, 2.05) is 12.1 Å². The maximum Gasteiger partial charge on any atom is 0.273 e. The number of nitrogens with zero attached hydrogens (tertiary/aromatic N) is 3. The number of carbonyl (C=O) groups is 1. The van der Waals surface area contributed by atoms with Gasteiger partial charge in [0.2, 0.25) is 5.91 Å². The van der Waals surface area contributed by atoms with Crippen LogP contribution >= 0.6 is 0 Å². The van der Waals surface area contributed by atoms with Gasteiger partial charge in [-0.25, -0.2) is 0 Å². The predicted molar refractivity (Wildman–Crippen MR) is 105 cm³/mol. The molecule has 1 aliphatic heterocycles. The molecule has 0 unspecified atom stereocenters. The standard InChI is InChI=1S/C20H24N4O3/c1-22-10-12-23(13-11-22)18-8-6-16(7-9-18)15-21-20(25)14-17-4-2-3-5-19(17)24(26)27/h2-9H,10-15H2,1H3,(H,21,25). The van der Waals surface area contributed by atoms with Gasteiger partial charge in [-0.2, -0.15) is 0 Å². The third-order valence-corrected chi connectivity index (χ3v) is 4.83. The molecule has 7 nitrogen and oxygen atoms in total. The van der Waals surface area contributed by atoms with Crippen LogP contribution in [-0.2, 0) is 17.8 Å². The number of likely N-dealkylation sites (N-methyl/N-ethyl adjacent to an activating group) is 1. The van der Waals surface area contributed by atoms with Crippen LogP contribution in [0.4, 0.5) is 11.4 Å². The van der Waals surface area contributed by atoms with E-state index in [2.05, 4.69) is 34.3 Å². The van der Waals surface area contributed by atoms with Crippen LogP contribution in [0.25, 0.3) is 0 Å². The molecule has 0 bridgehead atoms. The number of anilines is 1. The van der Waals surface area contributed by atoms with Crippen LogP contribution in [0.1, 0.15) is 11.1 Å². The molecule has 1 N–H and O–H groups in total. The molecule has 1 aliphatic rings. The van der Waals surface area contributed by atoms with Crippen molar-refractivity contribution in [1.82, 2.24) is 10.2 Å². The Kier molecular flexibility index (Phi) is 6.03. The Hall–Kier alpha value is -2.93. The third-order valence-electron chi connectivity index (χ3n) is 4.83. The molecule has 3 rings (SSSR count). The van der Waals surface area contributed by atoms with Crippen LogP contribution in [0.3, 0.4) is 0 Å². The van der Waals surface area contributed by atoms with E-state index in [0.29, 0.717) is 12.1 Å². The van der Waals surface area contributed by atoms with Crippen LogP contribution in [0.5, 0.6) is 0 Å². The minimum Gasteiger partial charge on any atom is -0.369 e. The van der Waals surface area contributed by atoms with E-state index >= 15 is 0 Å². The Labute approximate surface area is 158 Å². The summed E-state index contributed by atoms with van der Waals surface area (Å²) >= 11 is 0. The third kappa shape index (κ3) is 5.04. The second kappa shape index (κ2) is 8.64. The quantitative estimate of drug-likeness (QED) is 0.625. The summed E-state index contributed by atoms with van der Waals surface area (Å²) in [7, 11) is 2.13. The minimum absolute atomic E-state index is 0.00344. The molecule has 0 aliphatic carbocycles. The molecule has 27 heavy (non-hydrogen) atoms. The van der Waals surface area contributed by atoms with Gasteiger partial charge in [-0.15, -0.1) is 0 Å². The van der Waals surface area contributed by atoms with Crippen LogP contribution in [0.2, 0.25) is 0 Å². The van der Waals surface area contributed by atoms with Crippen LogP contribution in [0.15, 0.2) is 48.5 Å². The number of hydrogen-bond donors (Lipinski definition) is 1. The molecule has 2 aromatic rings. The van der Waals surface area contributed by atoms with E-state index in [-0.39, 0.29) is 18.0 Å². The van der Waals surface area contributed by atoms with Crippen molar-refractivity contribution in [3.63, 3.8) is 0 Å². The van der Waals surface area contributed by atoms with Crippen LogP contribution < -0.4 is 10.2 Å². The number of para-hydroxylation sites is 1. The molecule has 1 fully saturated rings. The van der Waals surface area contributed by atoms with Gasteiger partial charge in [0, 0.05) is 50.0 Å². The smallest absolute Gasteiger partial charge is 0.273 e. The first-order valence-corrected chi connectivity index (χ1v) is 9.04. The number of hydrogen-bond acceptors (Lipinski definition) is 5. The van der Waals surface area contributed by atoms with Gasteiger partial charge in [0.1, 0.15) is 0 Å². The summed E-state index contributed by atoms with van der Waals surface area (Å²) in [6.45, 7) is 4.56. The first kappa shape index (κ1) is 18.8. The lowest BCUT2D eigenvalue weighted by molar-refractivity contribution is -0.385. The van der Waals surface area contributed by atoms with Crippen molar-refractivity contribution in [2.75, 3.05) is 38.1 Å². The second-order valence-corrected chi connectivity index (χ2v) is 6.80. The van der Waals surface area contributed by atoms with E-state index in [4.69, 9.17) is 0 Å². The first-order chi connectivity index (χ1) is 13.0. The molecule has 2 aromatic carbocycles. The van der Waals surface area contributed by atoms with Gasteiger partial charge in [-0.1, -0.05) is 30.3 Å². The van der Waals surface area contributed by atoms with Gasteiger partial charge in [0.25, 0.3) is 5.69 Å². The van der Waals surface area contributed by atoms with Crippen molar-refractivity contribution in [3.05, 3.63) is 69.8 Å². The van der Waals surface area contributed by atoms with Crippen LogP contribution in [-0.4, -0.2) is 49.0 Å². The van der Waals surface area contributed by atoms with Crippen LogP contribution in [0, 0.1) is 10.1 Å². The van der Waals surface area contributed by atoms with Crippen molar-refractivity contribution in [3.8, 4) is 0 Å². The highest BCUT2D eigenvalue weighted by molar-refractivity contribution is 5.79. The SMILES string of the molecule is CN1CCN(c2ccc(CNC(=O)Cc3ccccc3[N+](=O)[O-])cc2)CC1. The molecule has 0 spiro atoms. The average Bonchev–Trinajstić information content (AvgIpc) is 2.68. The lowest BCUT2D eigenvalue weighted by Crippen LogP contribution is -2.44. The summed E-state index contributed by atoms with van der Waals surface area (Å²) in [5.41, 5.74) is 2.59. The summed E-state index contributed by atoms with van der Waals surface area (Å²) in [6, 6.07) is 14.5. The zero-order chi connectivity index (χ0) is 19.2. The fourth-order valence-corrected chi connectivity index (χ4v) is 3.16. The van der Waals surface area contributed by atoms with Gasteiger partial charge in [0.15, 0.2) is 0 Å². The highest BCUT2D eigenvalue weighted by Gasteiger charge is 2.16. The Balaban J connectivity index is 1.53. The monoisotopic (exact) mass is 368 g/mol. The number of amides is 1. The number of carbonyl (C=O) groups excluding carboxylic acids is 1. The average molecular weight is 368 g/mol. The largest absolute Gasteiger partial charge is 0.369 e. The molecule has 0 atom stereocenters. The van der Waals surface area contributed by atoms with Gasteiger partial charge >= 0.3 is 0 Å². The lowest BCUT2D eigenvalue weighted by Gasteiger charge is -2.34. The topological polar surface area (TPSA) is 78.7 Å². The van der Waals surface area contributed by atoms with Gasteiger partial charge in [-0.05, 0) is 24.7 Å². The fourth-order valence-electron chi connectivity index (χ4n) is 3.16. The Morgan fingerprint density at radius 1 is 1.07 bits per heavy atom. The summed E-state index contributed by atoms with van der Waals surface area (Å²) in [5.74, 6) is -0.229. The summed E-state index contributed by atoms with van der Waals surface area (Å²) in [6.07, 6.45) is -0.00344. The molecule has 0 saturated carbocycles. The predicted octanol–water partition coefficient (Wildman–Crippen LogP) is 2.21. The highest BCUT2D eigenvalue weighted by atomic mass is 16.6. The summed E-state index contributed by atoms with van der Waals surface area (Å²) in [5, 5.41) is 13.9. The normalized spacial score (nSPS) is 14.8. The van der Waals surface area contributed by atoms with E-state index in [9.17, 15) is 14.9 Å². The lowest BCUT2D eigenvalue weighted by atomic mass is 10.1. The molecular formula is C20H24N4O3. The molecule has 1 amide bonds. The van der Waals surface area contributed by atoms with Crippen molar-refractivity contribution < 1.29 is 9.72 Å². The number of nitrogens with one attached hydrogen (secondary N) is 1. The number of piperazine rings is 1. The molecule has 0 aromatic heterocycles. The van der Waals surface area contributed by atoms with E-state index < -0.39 is 4.92 Å². The van der Waals surface area contributed by atoms with Gasteiger partial charge in [-0.3, -0.25) is 14.9 Å². The molecule has 142 valence electrons. The van der Waals surface area contributed by atoms with E-state index in [0.717, 1.165) is 31.7 Å². The maximum atomic E-state index is 12.2. The molecule has 1 heterocycles. The van der Waals surface area contributed by atoms with Crippen molar-refractivity contribution >= 4 is 17.3 Å². The summed E-state index contributed by atoms with van der Waals surface area (Å²) < 4.78 is 0. The van der Waals surface area contributed by atoms with E-state index in [1.54, 1.807) is 18.2 Å². The maximum absolute atomic E-state index is 12.2. The van der Waals surface area contributed by atoms with E-state index in [1.165, 1.54) is 11.8 Å². The fraction of sp³-hybridized carbons (Fsp3) is 0.350. The molecule has 0 radical (unpaired) electrons. The zero-order valence-corrected chi connectivity index (χ0v) is 15.4. The summed E-state index contributed by atoms with van der Waals surface area (Å²) in [4.78, 5) is 27.4. The molecule has 1 saturated heterocycles. The Morgan fingerprint density at radius 3 is 2.41 bits per heavy atom. The Bertz CT molecular complexity index is 799. The minimum atomic E-state index is -0.459. The van der Waals surface area contributed by atoms with Crippen molar-refractivity contribution in [2.45, 2.75) is 13.0 Å². The Morgan fingerprint density at radius 2 is 1.74 bits per heavy atom. The van der Waals surface area contributed by atoms with Crippen molar-refractivity contribution in [2.24, 2.45) is 0 Å². The van der Waals surface area contributed by atoms with Gasteiger partial charge in [0.05, 0.1) is 11.3 Å². The second-order valence-electron chi connectivity index (χ2n) is 6.80.